The Morgan fingerprint density at radius 3 is 2.33 bits per heavy atom. The fraction of sp³-hybridized carbons (Fsp3) is 0.345. The van der Waals surface area contributed by atoms with E-state index in [2.05, 4.69) is 33.3 Å². The predicted molar refractivity (Wildman–Crippen MR) is 151 cm³/mol. The van der Waals surface area contributed by atoms with E-state index in [0.717, 1.165) is 39.6 Å². The van der Waals surface area contributed by atoms with Crippen molar-refractivity contribution >= 4 is 44.6 Å². The number of hydrogen-bond donors (Lipinski definition) is 1. The number of fused-ring (bicyclic) bond motifs is 1. The zero-order valence-electron chi connectivity index (χ0n) is 22.8. The molecule has 0 radical (unpaired) electrons. The number of para-hydroxylation sites is 1. The maximum Gasteiger partial charge on any atom is 0.410 e. The number of likely N-dealkylation sites (tertiary alicyclic amines) is 1. The molecule has 3 heterocycles. The molecule has 208 valence electrons. The highest BCUT2D eigenvalue weighted by molar-refractivity contribution is 7.22. The quantitative estimate of drug-likeness (QED) is 0.298. The van der Waals surface area contributed by atoms with Crippen LogP contribution in [0.1, 0.15) is 46.2 Å². The van der Waals surface area contributed by atoms with Crippen LogP contribution in [-0.4, -0.2) is 50.8 Å². The number of nitrogens with zero attached hydrogens (tertiary/aromatic N) is 4. The highest BCUT2D eigenvalue weighted by atomic mass is 32.1. The first-order valence-corrected chi connectivity index (χ1v) is 13.6. The van der Waals surface area contributed by atoms with Crippen LogP contribution in [0.3, 0.4) is 0 Å². The number of thiazole rings is 1. The Kier molecular flexibility index (Phi) is 8.77. The van der Waals surface area contributed by atoms with Gasteiger partial charge in [-0.2, -0.15) is 9.59 Å². The summed E-state index contributed by atoms with van der Waals surface area (Å²) in [5.74, 6) is 1.16. The fourth-order valence-electron chi connectivity index (χ4n) is 4.33. The van der Waals surface area contributed by atoms with Crippen LogP contribution in [0.15, 0.2) is 60.9 Å². The number of nitrogens with one attached hydrogen (secondary N) is 1. The minimum Gasteiger partial charge on any atom is -0.444 e. The van der Waals surface area contributed by atoms with Crippen LogP contribution in [-0.2, 0) is 19.7 Å². The van der Waals surface area contributed by atoms with Crippen molar-refractivity contribution in [1.29, 1.82) is 0 Å². The van der Waals surface area contributed by atoms with E-state index < -0.39 is 5.60 Å². The van der Waals surface area contributed by atoms with Gasteiger partial charge in [0.15, 0.2) is 5.13 Å². The number of aromatic nitrogens is 3. The molecule has 2 aromatic carbocycles. The minimum atomic E-state index is -0.511. The maximum absolute atomic E-state index is 12.5. The molecule has 0 unspecified atom stereocenters. The number of carbonyl (C=O) groups excluding carboxylic acids is 3. The second-order valence-corrected chi connectivity index (χ2v) is 11.6. The van der Waals surface area contributed by atoms with Crippen LogP contribution in [0, 0.1) is 0 Å². The van der Waals surface area contributed by atoms with Crippen molar-refractivity contribution in [3.05, 3.63) is 66.6 Å². The molecule has 11 heteroatoms. The first kappa shape index (κ1) is 28.7. The molecule has 1 aliphatic rings. The summed E-state index contributed by atoms with van der Waals surface area (Å²) in [7, 11) is 0. The molecule has 1 saturated heterocycles. The van der Waals surface area contributed by atoms with Gasteiger partial charge in [0.25, 0.3) is 0 Å². The molecule has 0 bridgehead atoms. The van der Waals surface area contributed by atoms with Crippen LogP contribution in [0.2, 0.25) is 0 Å². The van der Waals surface area contributed by atoms with Gasteiger partial charge >= 0.3 is 12.2 Å². The lowest BCUT2D eigenvalue weighted by Crippen LogP contribution is -2.46. The molecule has 0 atom stereocenters. The number of piperidine rings is 1. The van der Waals surface area contributed by atoms with Crippen molar-refractivity contribution in [1.82, 2.24) is 19.9 Å². The third-order valence-electron chi connectivity index (χ3n) is 6.37. The number of ether oxygens (including phenoxy) is 2. The molecular formula is C29H31N5O5S. The van der Waals surface area contributed by atoms with Gasteiger partial charge in [-0.3, -0.25) is 4.98 Å². The topological polar surface area (TPSA) is 124 Å². The number of anilines is 2. The first-order valence-electron chi connectivity index (χ1n) is 12.8. The van der Waals surface area contributed by atoms with E-state index in [9.17, 15) is 4.79 Å². The van der Waals surface area contributed by atoms with Gasteiger partial charge in [-0.05, 0) is 70.0 Å². The van der Waals surface area contributed by atoms with Gasteiger partial charge in [0.1, 0.15) is 17.0 Å². The number of hydrogen-bond acceptors (Lipinski definition) is 10. The van der Waals surface area contributed by atoms with Gasteiger partial charge in [0, 0.05) is 36.6 Å². The monoisotopic (exact) mass is 561 g/mol. The summed E-state index contributed by atoms with van der Waals surface area (Å²) in [6.07, 6.45) is 4.79. The Bertz CT molecular complexity index is 1450. The third-order valence-corrected chi connectivity index (χ3v) is 7.32. The molecule has 0 saturated carbocycles. The Labute approximate surface area is 236 Å². The van der Waals surface area contributed by atoms with E-state index >= 15 is 0 Å². The fourth-order valence-corrected chi connectivity index (χ4v) is 5.21. The number of benzene rings is 2. The summed E-state index contributed by atoms with van der Waals surface area (Å²) in [6.45, 7) is 8.98. The third kappa shape index (κ3) is 7.19. The highest BCUT2D eigenvalue weighted by Crippen LogP contribution is 2.39. The lowest BCUT2D eigenvalue weighted by molar-refractivity contribution is -0.191. The van der Waals surface area contributed by atoms with Crippen LogP contribution >= 0.6 is 11.3 Å². The van der Waals surface area contributed by atoms with Gasteiger partial charge in [-0.25, -0.2) is 14.8 Å². The van der Waals surface area contributed by atoms with Gasteiger partial charge in [0.05, 0.1) is 10.2 Å². The average Bonchev–Trinajstić information content (AvgIpc) is 3.32. The second kappa shape index (κ2) is 12.2. The van der Waals surface area contributed by atoms with Gasteiger partial charge < -0.3 is 19.7 Å². The largest absolute Gasteiger partial charge is 0.444 e. The summed E-state index contributed by atoms with van der Waals surface area (Å²) < 4.78 is 12.9. The summed E-state index contributed by atoms with van der Waals surface area (Å²) in [5.41, 5.74) is 1.93. The first-order chi connectivity index (χ1) is 19.1. The van der Waals surface area contributed by atoms with Crippen molar-refractivity contribution in [2.45, 2.75) is 51.6 Å². The van der Waals surface area contributed by atoms with Crippen LogP contribution < -0.4 is 10.1 Å². The number of carbonyl (C=O) groups is 1. The van der Waals surface area contributed by atoms with E-state index in [4.69, 9.17) is 19.1 Å². The van der Waals surface area contributed by atoms with E-state index in [-0.39, 0.29) is 17.7 Å². The molecule has 5 rings (SSSR count). The highest BCUT2D eigenvalue weighted by Gasteiger charge is 2.38. The van der Waals surface area contributed by atoms with Crippen LogP contribution in [0.25, 0.3) is 10.2 Å². The maximum atomic E-state index is 12.5. The number of amides is 1. The lowest BCUT2D eigenvalue weighted by atomic mass is 9.77. The summed E-state index contributed by atoms with van der Waals surface area (Å²) in [5, 5.41) is 4.21. The Hall–Kier alpha value is -4.34. The Morgan fingerprint density at radius 1 is 1.02 bits per heavy atom. The SMILES string of the molecule is CC(C)(C)OC(=O)N1CCC(C)(c2nccnc2Oc2ccc(Nc3nc4ccccc4s3)cc2)CC1.O=C=O. The zero-order chi connectivity index (χ0) is 28.8. The van der Waals surface area contributed by atoms with Crippen molar-refractivity contribution in [2.24, 2.45) is 0 Å². The Morgan fingerprint density at radius 2 is 1.68 bits per heavy atom. The molecule has 2 aromatic heterocycles. The molecule has 4 aromatic rings. The molecule has 1 fully saturated rings. The second-order valence-electron chi connectivity index (χ2n) is 10.6. The molecule has 1 N–H and O–H groups in total. The normalized spacial score (nSPS) is 14.4. The van der Waals surface area contributed by atoms with Crippen LogP contribution in [0.4, 0.5) is 15.6 Å². The van der Waals surface area contributed by atoms with Gasteiger partial charge in [-0.15, -0.1) is 0 Å². The standard InChI is InChI=1S/C28H31N5O3S.CO2/c1-27(2,3)36-26(34)33-17-13-28(4,14-18-33)23-24(30-16-15-29-23)35-20-11-9-19(10-12-20)31-25-32-21-7-5-6-8-22(21)37-25;2-1-3/h5-12,15-16H,13-14,17-18H2,1-4H3,(H,31,32);. The van der Waals surface area contributed by atoms with Crippen molar-refractivity contribution in [3.8, 4) is 11.6 Å². The van der Waals surface area contributed by atoms with Gasteiger partial charge in [-0.1, -0.05) is 30.4 Å². The molecule has 1 aliphatic heterocycles. The molecule has 0 spiro atoms. The molecule has 10 nitrogen and oxygen atoms in total. The van der Waals surface area contributed by atoms with E-state index in [1.54, 1.807) is 28.6 Å². The zero-order valence-corrected chi connectivity index (χ0v) is 23.7. The summed E-state index contributed by atoms with van der Waals surface area (Å²) in [6, 6.07) is 15.8. The van der Waals surface area contributed by atoms with Gasteiger partial charge in [0.2, 0.25) is 5.88 Å². The van der Waals surface area contributed by atoms with E-state index in [1.807, 2.05) is 63.2 Å². The average molecular weight is 562 g/mol. The molecule has 40 heavy (non-hydrogen) atoms. The minimum absolute atomic E-state index is 0.250. The van der Waals surface area contributed by atoms with E-state index in [1.165, 1.54) is 0 Å². The Balaban J connectivity index is 0.00000118. The van der Waals surface area contributed by atoms with Crippen molar-refractivity contribution < 1.29 is 23.9 Å². The summed E-state index contributed by atoms with van der Waals surface area (Å²) in [4.78, 5) is 44.3. The lowest BCUT2D eigenvalue weighted by Gasteiger charge is -2.39. The van der Waals surface area contributed by atoms with E-state index in [0.29, 0.717) is 24.7 Å². The summed E-state index contributed by atoms with van der Waals surface area (Å²) >= 11 is 1.62. The number of rotatable bonds is 5. The van der Waals surface area contributed by atoms with Crippen molar-refractivity contribution in [3.63, 3.8) is 0 Å². The van der Waals surface area contributed by atoms with Crippen molar-refractivity contribution in [2.75, 3.05) is 18.4 Å². The predicted octanol–water partition coefficient (Wildman–Crippen LogP) is 6.33. The van der Waals surface area contributed by atoms with Crippen LogP contribution in [0.5, 0.6) is 11.6 Å². The smallest absolute Gasteiger partial charge is 0.410 e. The molecular weight excluding hydrogens is 530 g/mol. The molecule has 1 amide bonds. The molecule has 0 aliphatic carbocycles.